The number of carbonyl (C=O) groups excluding carboxylic acids is 1. The average molecular weight is 380 g/mol. The largest absolute Gasteiger partial charge is 0.493 e. The number of aliphatic hydroxyl groups is 1. The Hall–Kier alpha value is -2.99. The minimum absolute atomic E-state index is 0.0399. The Morgan fingerprint density at radius 3 is 2.82 bits per heavy atom. The lowest BCUT2D eigenvalue weighted by atomic mass is 10.1. The molecule has 3 aromatic rings. The lowest BCUT2D eigenvalue weighted by Crippen LogP contribution is -2.15. The zero-order valence-electron chi connectivity index (χ0n) is 15.5. The van der Waals surface area contributed by atoms with Gasteiger partial charge in [0.25, 0.3) is 5.91 Å². The van der Waals surface area contributed by atoms with Crippen molar-refractivity contribution in [3.63, 3.8) is 0 Å². The predicted molar refractivity (Wildman–Crippen MR) is 105 cm³/mol. The summed E-state index contributed by atoms with van der Waals surface area (Å²) in [7, 11) is 0. The van der Waals surface area contributed by atoms with Crippen molar-refractivity contribution < 1.29 is 19.0 Å². The number of hydrogen-bond donors (Lipinski definition) is 2. The number of halogens is 1. The summed E-state index contributed by atoms with van der Waals surface area (Å²) >= 11 is 0. The fourth-order valence-corrected chi connectivity index (χ4v) is 3.07. The van der Waals surface area contributed by atoms with Gasteiger partial charge in [-0.1, -0.05) is 6.07 Å². The Bertz CT molecular complexity index is 1050. The van der Waals surface area contributed by atoms with Crippen molar-refractivity contribution in [2.45, 2.75) is 26.4 Å². The number of ether oxygens (including phenoxy) is 1. The zero-order valence-corrected chi connectivity index (χ0v) is 15.5. The van der Waals surface area contributed by atoms with Gasteiger partial charge in [-0.05, 0) is 61.1 Å². The first-order valence-corrected chi connectivity index (χ1v) is 9.28. The predicted octanol–water partition coefficient (Wildman–Crippen LogP) is 4.22. The Morgan fingerprint density at radius 1 is 1.29 bits per heavy atom. The SMILES string of the molecule is Cc1c(NC(=O)c2ccc(OCC3CC3)cc2F)ccc2cc(CO)cnc12. The number of aryl methyl sites for hydroxylation is 1. The summed E-state index contributed by atoms with van der Waals surface area (Å²) in [6.07, 6.45) is 3.91. The molecule has 0 radical (unpaired) electrons. The molecule has 2 N–H and O–H groups in total. The maximum Gasteiger partial charge on any atom is 0.258 e. The highest BCUT2D eigenvalue weighted by Gasteiger charge is 2.22. The van der Waals surface area contributed by atoms with E-state index < -0.39 is 11.7 Å². The van der Waals surface area contributed by atoms with E-state index in [1.165, 1.54) is 12.1 Å². The summed E-state index contributed by atoms with van der Waals surface area (Å²) in [5, 5.41) is 12.9. The van der Waals surface area contributed by atoms with Gasteiger partial charge in [-0.2, -0.15) is 0 Å². The molecule has 1 aliphatic rings. The Labute approximate surface area is 162 Å². The molecule has 1 heterocycles. The quantitative estimate of drug-likeness (QED) is 0.672. The number of nitrogens with zero attached hydrogens (tertiary/aromatic N) is 1. The van der Waals surface area contributed by atoms with Gasteiger partial charge in [0, 0.05) is 23.3 Å². The molecule has 2 aromatic carbocycles. The summed E-state index contributed by atoms with van der Waals surface area (Å²) in [4.78, 5) is 16.9. The van der Waals surface area contributed by atoms with Crippen molar-refractivity contribution >= 4 is 22.5 Å². The van der Waals surface area contributed by atoms with E-state index in [0.717, 1.165) is 34.9 Å². The maximum absolute atomic E-state index is 14.4. The molecule has 1 aliphatic carbocycles. The second kappa shape index (κ2) is 7.56. The van der Waals surface area contributed by atoms with Crippen LogP contribution in [0, 0.1) is 18.7 Å². The van der Waals surface area contributed by atoms with Gasteiger partial charge >= 0.3 is 0 Å². The standard InChI is InChI=1S/C22H21FN2O3/c1-13-20(7-4-16-8-15(11-26)10-24-21(13)16)25-22(27)18-6-5-17(9-19(18)23)28-12-14-2-3-14/h4-10,14,26H,2-3,11-12H2,1H3,(H,25,27). The lowest BCUT2D eigenvalue weighted by molar-refractivity contribution is 0.102. The van der Waals surface area contributed by atoms with Crippen LogP contribution in [0.3, 0.4) is 0 Å². The fraction of sp³-hybridized carbons (Fsp3) is 0.273. The molecular weight excluding hydrogens is 359 g/mol. The van der Waals surface area contributed by atoms with Crippen molar-refractivity contribution in [3.05, 3.63) is 65.1 Å². The van der Waals surface area contributed by atoms with Crippen molar-refractivity contribution in [1.29, 1.82) is 0 Å². The number of hydrogen-bond acceptors (Lipinski definition) is 4. The number of aromatic nitrogens is 1. The first-order chi connectivity index (χ1) is 13.5. The first kappa shape index (κ1) is 18.4. The lowest BCUT2D eigenvalue weighted by Gasteiger charge is -2.12. The molecule has 6 heteroatoms. The van der Waals surface area contributed by atoms with E-state index in [-0.39, 0.29) is 12.2 Å². The van der Waals surface area contributed by atoms with Gasteiger partial charge in [-0.3, -0.25) is 9.78 Å². The van der Waals surface area contributed by atoms with E-state index >= 15 is 0 Å². The van der Waals surface area contributed by atoms with Crippen LogP contribution in [0.5, 0.6) is 5.75 Å². The van der Waals surface area contributed by atoms with Crippen molar-refractivity contribution in [2.75, 3.05) is 11.9 Å². The summed E-state index contributed by atoms with van der Waals surface area (Å²) in [6.45, 7) is 2.35. The van der Waals surface area contributed by atoms with Gasteiger partial charge in [0.05, 0.1) is 24.3 Å². The van der Waals surface area contributed by atoms with Crippen LogP contribution in [0.1, 0.15) is 34.3 Å². The van der Waals surface area contributed by atoms with E-state index in [1.807, 2.05) is 19.1 Å². The number of pyridine rings is 1. The third-order valence-corrected chi connectivity index (χ3v) is 4.96. The number of anilines is 1. The second-order valence-electron chi connectivity index (χ2n) is 7.16. The first-order valence-electron chi connectivity index (χ1n) is 9.28. The molecule has 0 saturated heterocycles. The molecule has 0 atom stereocenters. The van der Waals surface area contributed by atoms with Gasteiger partial charge in [-0.25, -0.2) is 4.39 Å². The normalized spacial score (nSPS) is 13.5. The zero-order chi connectivity index (χ0) is 19.7. The summed E-state index contributed by atoms with van der Waals surface area (Å²) < 4.78 is 20.0. The number of rotatable bonds is 6. The summed E-state index contributed by atoms with van der Waals surface area (Å²) in [5.41, 5.74) is 2.74. The van der Waals surface area contributed by atoms with Crippen molar-refractivity contribution in [2.24, 2.45) is 5.92 Å². The van der Waals surface area contributed by atoms with Gasteiger partial charge in [0.15, 0.2) is 0 Å². The average Bonchev–Trinajstić information content (AvgIpc) is 3.52. The molecule has 1 fully saturated rings. The number of nitrogens with one attached hydrogen (secondary N) is 1. The summed E-state index contributed by atoms with van der Waals surface area (Å²) in [5.74, 6) is -0.133. The van der Waals surface area contributed by atoms with Crippen LogP contribution in [0.25, 0.3) is 10.9 Å². The van der Waals surface area contributed by atoms with Crippen molar-refractivity contribution in [3.8, 4) is 5.75 Å². The minimum atomic E-state index is -0.616. The molecule has 4 rings (SSSR count). The number of benzene rings is 2. The molecule has 1 saturated carbocycles. The maximum atomic E-state index is 14.4. The smallest absolute Gasteiger partial charge is 0.258 e. The number of aliphatic hydroxyl groups excluding tert-OH is 1. The highest BCUT2D eigenvalue weighted by molar-refractivity contribution is 6.06. The Balaban J connectivity index is 1.53. The molecule has 144 valence electrons. The van der Waals surface area contributed by atoms with Crippen LogP contribution in [-0.4, -0.2) is 22.6 Å². The number of carbonyl (C=O) groups is 1. The fourth-order valence-electron chi connectivity index (χ4n) is 3.07. The third-order valence-electron chi connectivity index (χ3n) is 4.96. The molecule has 0 bridgehead atoms. The Morgan fingerprint density at radius 2 is 2.11 bits per heavy atom. The number of fused-ring (bicyclic) bond motifs is 1. The summed E-state index contributed by atoms with van der Waals surface area (Å²) in [6, 6.07) is 9.73. The molecule has 5 nitrogen and oxygen atoms in total. The van der Waals surface area contributed by atoms with Gasteiger partial charge in [0.2, 0.25) is 0 Å². The number of amides is 1. The van der Waals surface area contributed by atoms with Crippen LogP contribution in [0.4, 0.5) is 10.1 Å². The molecule has 28 heavy (non-hydrogen) atoms. The van der Waals surface area contributed by atoms with Gasteiger partial charge in [0.1, 0.15) is 11.6 Å². The molecule has 1 amide bonds. The van der Waals surface area contributed by atoms with E-state index in [1.54, 1.807) is 18.3 Å². The van der Waals surface area contributed by atoms with Gasteiger partial charge < -0.3 is 15.2 Å². The third kappa shape index (κ3) is 3.82. The van der Waals surface area contributed by atoms with Crippen LogP contribution in [-0.2, 0) is 6.61 Å². The van der Waals surface area contributed by atoms with Crippen LogP contribution < -0.4 is 10.1 Å². The van der Waals surface area contributed by atoms with Crippen molar-refractivity contribution in [1.82, 2.24) is 4.98 Å². The van der Waals surface area contributed by atoms with Crippen LogP contribution in [0.15, 0.2) is 42.6 Å². The Kier molecular flexibility index (Phi) is 4.96. The molecule has 0 aliphatic heterocycles. The van der Waals surface area contributed by atoms with E-state index in [9.17, 15) is 14.3 Å². The second-order valence-corrected chi connectivity index (χ2v) is 7.16. The monoisotopic (exact) mass is 380 g/mol. The van der Waals surface area contributed by atoms with Crippen LogP contribution in [0.2, 0.25) is 0 Å². The van der Waals surface area contributed by atoms with Crippen LogP contribution >= 0.6 is 0 Å². The molecule has 0 spiro atoms. The highest BCUT2D eigenvalue weighted by Crippen LogP contribution is 2.30. The van der Waals surface area contributed by atoms with E-state index in [0.29, 0.717) is 24.0 Å². The highest BCUT2D eigenvalue weighted by atomic mass is 19.1. The van der Waals surface area contributed by atoms with E-state index in [2.05, 4.69) is 10.3 Å². The minimum Gasteiger partial charge on any atom is -0.493 e. The molecular formula is C22H21FN2O3. The van der Waals surface area contributed by atoms with Gasteiger partial charge in [-0.15, -0.1) is 0 Å². The molecule has 1 aromatic heterocycles. The topological polar surface area (TPSA) is 71.5 Å². The van der Waals surface area contributed by atoms with E-state index in [4.69, 9.17) is 4.74 Å². The molecule has 0 unspecified atom stereocenters.